The van der Waals surface area contributed by atoms with Crippen molar-refractivity contribution in [2.45, 2.75) is 0 Å². The minimum Gasteiger partial charge on any atom is -0.507 e. The molecule has 7 nitrogen and oxygen atoms in total. The average molecular weight is 385 g/mol. The Labute approximate surface area is 161 Å². The van der Waals surface area contributed by atoms with Crippen LogP contribution < -0.4 is 10.9 Å². The summed E-state index contributed by atoms with van der Waals surface area (Å²) < 4.78 is 11.0. The van der Waals surface area contributed by atoms with Gasteiger partial charge in [0.2, 0.25) is 16.6 Å². The molecule has 0 atom stereocenters. The van der Waals surface area contributed by atoms with Gasteiger partial charge in [0, 0.05) is 11.6 Å². The first-order valence-electron chi connectivity index (χ1n) is 8.63. The van der Waals surface area contributed by atoms with E-state index < -0.39 is 5.43 Å². The maximum atomic E-state index is 12.7. The summed E-state index contributed by atoms with van der Waals surface area (Å²) in [5.74, 6) is -0.172. The van der Waals surface area contributed by atoms with Crippen molar-refractivity contribution in [1.82, 2.24) is 4.98 Å². The van der Waals surface area contributed by atoms with Crippen LogP contribution in [0.3, 0.4) is 0 Å². The highest BCUT2D eigenvalue weighted by atomic mass is 16.3. The summed E-state index contributed by atoms with van der Waals surface area (Å²) in [6, 6.07) is 12.6. The van der Waals surface area contributed by atoms with Gasteiger partial charge in [0.1, 0.15) is 23.2 Å². The molecule has 0 radical (unpaired) electrons. The van der Waals surface area contributed by atoms with E-state index >= 15 is 0 Å². The number of rotatable bonds is 2. The lowest BCUT2D eigenvalue weighted by atomic mass is 10.0. The second kappa shape index (κ2) is 6.13. The van der Waals surface area contributed by atoms with Gasteiger partial charge in [-0.15, -0.1) is 0 Å². The van der Waals surface area contributed by atoms with E-state index in [-0.39, 0.29) is 39.0 Å². The number of hydrogen-bond donors (Lipinski definition) is 1. The quantitative estimate of drug-likeness (QED) is 0.365. The third kappa shape index (κ3) is 2.52. The molecule has 0 saturated carbocycles. The lowest BCUT2D eigenvalue weighted by Crippen LogP contribution is -2.07. The van der Waals surface area contributed by atoms with Gasteiger partial charge in [-0.2, -0.15) is 0 Å². The lowest BCUT2D eigenvalue weighted by molar-refractivity contribution is 0.112. The standard InChI is InChI=1S/C22H11NO6/c24-9-11-10-28-19-8-17(25)14(7-15(19)20(11)26)16-6-5-13-21(27)12-3-1-2-4-18(12)29-22(13)23-16/h1-10,25H. The molecule has 0 unspecified atom stereocenters. The van der Waals surface area contributed by atoms with Crippen LogP contribution in [0.25, 0.3) is 44.3 Å². The van der Waals surface area contributed by atoms with Crippen LogP contribution in [-0.2, 0) is 0 Å². The van der Waals surface area contributed by atoms with Crippen LogP contribution in [0.15, 0.2) is 73.2 Å². The van der Waals surface area contributed by atoms with E-state index in [0.717, 1.165) is 6.26 Å². The van der Waals surface area contributed by atoms with Gasteiger partial charge in [-0.05, 0) is 30.3 Å². The van der Waals surface area contributed by atoms with Gasteiger partial charge in [-0.1, -0.05) is 12.1 Å². The zero-order valence-corrected chi connectivity index (χ0v) is 14.7. The van der Waals surface area contributed by atoms with Crippen LogP contribution >= 0.6 is 0 Å². The SMILES string of the molecule is O=Cc1coc2cc(O)c(-c3ccc4c(=O)c5ccccc5oc4n3)cc2c1=O. The maximum Gasteiger partial charge on any atom is 0.231 e. The maximum absolute atomic E-state index is 12.7. The minimum absolute atomic E-state index is 0.111. The summed E-state index contributed by atoms with van der Waals surface area (Å²) in [4.78, 5) is 40.4. The summed E-state index contributed by atoms with van der Waals surface area (Å²) in [5, 5.41) is 11.3. The first-order chi connectivity index (χ1) is 14.1. The second-order valence-corrected chi connectivity index (χ2v) is 6.48. The molecule has 0 aliphatic carbocycles. The largest absolute Gasteiger partial charge is 0.507 e. The highest BCUT2D eigenvalue weighted by Gasteiger charge is 2.15. The van der Waals surface area contributed by atoms with Crippen molar-refractivity contribution in [2.24, 2.45) is 0 Å². The lowest BCUT2D eigenvalue weighted by Gasteiger charge is -2.07. The third-order valence-corrected chi connectivity index (χ3v) is 4.76. The highest BCUT2D eigenvalue weighted by Crippen LogP contribution is 2.32. The number of carbonyl (C=O) groups is 1. The molecule has 0 saturated heterocycles. The molecular weight excluding hydrogens is 374 g/mol. The first kappa shape index (κ1) is 16.9. The molecule has 3 heterocycles. The number of nitrogens with zero attached hydrogens (tertiary/aromatic N) is 1. The molecule has 140 valence electrons. The minimum atomic E-state index is -0.513. The Kier molecular flexibility index (Phi) is 3.57. The average Bonchev–Trinajstić information content (AvgIpc) is 2.73. The second-order valence-electron chi connectivity index (χ2n) is 6.48. The van der Waals surface area contributed by atoms with E-state index in [1.54, 1.807) is 36.4 Å². The van der Waals surface area contributed by atoms with Crippen molar-refractivity contribution in [3.63, 3.8) is 0 Å². The van der Waals surface area contributed by atoms with Crippen molar-refractivity contribution >= 4 is 39.3 Å². The molecule has 0 bridgehead atoms. The number of phenolic OH excluding ortho intramolecular Hbond substituents is 1. The molecule has 2 aromatic carbocycles. The Morgan fingerprint density at radius 3 is 2.55 bits per heavy atom. The van der Waals surface area contributed by atoms with E-state index in [0.29, 0.717) is 28.3 Å². The first-order valence-corrected chi connectivity index (χ1v) is 8.63. The van der Waals surface area contributed by atoms with Crippen LogP contribution in [-0.4, -0.2) is 16.4 Å². The summed E-state index contributed by atoms with van der Waals surface area (Å²) in [7, 11) is 0. The zero-order chi connectivity index (χ0) is 20.1. The summed E-state index contributed by atoms with van der Waals surface area (Å²) in [6.45, 7) is 0. The Balaban J connectivity index is 1.79. The van der Waals surface area contributed by atoms with Gasteiger partial charge < -0.3 is 13.9 Å². The van der Waals surface area contributed by atoms with Gasteiger partial charge >= 0.3 is 0 Å². The summed E-state index contributed by atoms with van der Waals surface area (Å²) >= 11 is 0. The van der Waals surface area contributed by atoms with Crippen LogP contribution in [0, 0.1) is 0 Å². The van der Waals surface area contributed by atoms with Gasteiger partial charge in [0.15, 0.2) is 6.29 Å². The van der Waals surface area contributed by atoms with E-state index in [1.807, 2.05) is 0 Å². The van der Waals surface area contributed by atoms with Crippen molar-refractivity contribution in [1.29, 1.82) is 0 Å². The fraction of sp³-hybridized carbons (Fsp3) is 0. The van der Waals surface area contributed by atoms with Crippen LogP contribution in [0.5, 0.6) is 5.75 Å². The number of aromatic hydroxyl groups is 1. The molecule has 0 spiro atoms. The van der Waals surface area contributed by atoms with Crippen molar-refractivity contribution < 1.29 is 18.7 Å². The molecular formula is C22H11NO6. The van der Waals surface area contributed by atoms with Crippen LogP contribution in [0.2, 0.25) is 0 Å². The third-order valence-electron chi connectivity index (χ3n) is 4.76. The van der Waals surface area contributed by atoms with E-state index in [1.165, 1.54) is 12.1 Å². The number of carbonyl (C=O) groups excluding carboxylic acids is 1. The van der Waals surface area contributed by atoms with Gasteiger partial charge in [0.05, 0.1) is 27.4 Å². The Hall–Kier alpha value is -4.26. The Bertz CT molecular complexity index is 1580. The molecule has 1 N–H and O–H groups in total. The molecule has 0 aliphatic rings. The number of benzene rings is 2. The monoisotopic (exact) mass is 385 g/mol. The van der Waals surface area contributed by atoms with Gasteiger partial charge in [-0.25, -0.2) is 4.98 Å². The number of hydrogen-bond acceptors (Lipinski definition) is 7. The van der Waals surface area contributed by atoms with E-state index in [4.69, 9.17) is 8.83 Å². The Morgan fingerprint density at radius 1 is 0.897 bits per heavy atom. The molecule has 3 aromatic heterocycles. The topological polar surface area (TPSA) is 111 Å². The molecule has 7 heteroatoms. The molecule has 0 aliphatic heterocycles. The van der Waals surface area contributed by atoms with E-state index in [2.05, 4.69) is 4.98 Å². The normalized spacial score (nSPS) is 11.3. The zero-order valence-electron chi connectivity index (χ0n) is 14.7. The fourth-order valence-corrected chi connectivity index (χ4v) is 3.30. The van der Waals surface area contributed by atoms with Gasteiger partial charge in [0.25, 0.3) is 0 Å². The highest BCUT2D eigenvalue weighted by molar-refractivity contribution is 5.92. The summed E-state index contributed by atoms with van der Waals surface area (Å²) in [5.41, 5.74) is 0.337. The fourth-order valence-electron chi connectivity index (χ4n) is 3.30. The van der Waals surface area contributed by atoms with Crippen LogP contribution in [0.4, 0.5) is 0 Å². The number of aromatic nitrogens is 1. The molecule has 5 rings (SSSR count). The Morgan fingerprint density at radius 2 is 1.72 bits per heavy atom. The molecule has 0 amide bonds. The predicted molar refractivity (Wildman–Crippen MR) is 106 cm³/mol. The van der Waals surface area contributed by atoms with Crippen molar-refractivity contribution in [3.8, 4) is 17.0 Å². The van der Waals surface area contributed by atoms with Crippen molar-refractivity contribution in [2.75, 3.05) is 0 Å². The van der Waals surface area contributed by atoms with Crippen LogP contribution in [0.1, 0.15) is 10.4 Å². The molecule has 5 aromatic rings. The number of phenols is 1. The number of aldehydes is 1. The number of para-hydroxylation sites is 1. The number of fused-ring (bicyclic) bond motifs is 3. The summed E-state index contributed by atoms with van der Waals surface area (Å²) in [6.07, 6.45) is 1.46. The number of pyridine rings is 1. The predicted octanol–water partition coefficient (Wildman–Crippen LogP) is 3.63. The smallest absolute Gasteiger partial charge is 0.231 e. The molecule has 29 heavy (non-hydrogen) atoms. The van der Waals surface area contributed by atoms with Gasteiger partial charge in [-0.3, -0.25) is 14.4 Å². The molecule has 0 fully saturated rings. The van der Waals surface area contributed by atoms with Crippen molar-refractivity contribution in [3.05, 3.63) is 80.8 Å². The van der Waals surface area contributed by atoms with E-state index in [9.17, 15) is 19.5 Å².